The van der Waals surface area contributed by atoms with Crippen LogP contribution >= 0.6 is 0 Å². The number of fused-ring (bicyclic) bond motifs is 1. The van der Waals surface area contributed by atoms with Gasteiger partial charge in [-0.05, 0) is 87.1 Å². The zero-order chi connectivity index (χ0) is 25.2. The van der Waals surface area contributed by atoms with Crippen LogP contribution in [0.15, 0.2) is 42.6 Å². The Morgan fingerprint density at radius 3 is 2.43 bits per heavy atom. The molecule has 1 saturated heterocycles. The fourth-order valence-corrected chi connectivity index (χ4v) is 6.56. The van der Waals surface area contributed by atoms with E-state index in [1.54, 1.807) is 4.31 Å². The van der Waals surface area contributed by atoms with Crippen molar-refractivity contribution in [1.82, 2.24) is 14.2 Å². The number of amides is 1. The molecule has 0 radical (unpaired) electrons. The Bertz CT molecular complexity index is 1290. The van der Waals surface area contributed by atoms with Crippen molar-refractivity contribution in [3.05, 3.63) is 59.3 Å². The van der Waals surface area contributed by atoms with Gasteiger partial charge in [0.25, 0.3) is 0 Å². The van der Waals surface area contributed by atoms with Crippen molar-refractivity contribution in [1.29, 1.82) is 0 Å². The SMILES string of the molecule is Cc1ccc(-c2cc(CC(N)=O)c3[nH]cc(C4CCN(S(=O)(=O)CCCN(C)C)CC4)c3c2)cc1. The third kappa shape index (κ3) is 5.94. The molecule has 0 atom stereocenters. The van der Waals surface area contributed by atoms with E-state index in [1.807, 2.05) is 31.3 Å². The van der Waals surface area contributed by atoms with Gasteiger partial charge in [0.05, 0.1) is 12.2 Å². The number of carbonyl (C=O) groups is 1. The van der Waals surface area contributed by atoms with Gasteiger partial charge in [0.2, 0.25) is 15.9 Å². The van der Waals surface area contributed by atoms with Crippen molar-refractivity contribution in [2.75, 3.05) is 39.5 Å². The van der Waals surface area contributed by atoms with E-state index in [4.69, 9.17) is 5.73 Å². The summed E-state index contributed by atoms with van der Waals surface area (Å²) in [5.74, 6) is 0.0854. The van der Waals surface area contributed by atoms with E-state index in [1.165, 1.54) is 11.1 Å². The first kappa shape index (κ1) is 25.4. The van der Waals surface area contributed by atoms with Gasteiger partial charge in [-0.1, -0.05) is 29.8 Å². The highest BCUT2D eigenvalue weighted by Crippen LogP contribution is 2.37. The van der Waals surface area contributed by atoms with Crippen LogP contribution in [-0.4, -0.2) is 68.0 Å². The molecule has 188 valence electrons. The second-order valence-corrected chi connectivity index (χ2v) is 12.0. The minimum Gasteiger partial charge on any atom is -0.369 e. The number of sulfonamides is 1. The van der Waals surface area contributed by atoms with Crippen LogP contribution in [0.3, 0.4) is 0 Å². The van der Waals surface area contributed by atoms with Gasteiger partial charge in [-0.3, -0.25) is 4.79 Å². The molecule has 1 aromatic heterocycles. The van der Waals surface area contributed by atoms with Gasteiger partial charge in [-0.2, -0.15) is 0 Å². The van der Waals surface area contributed by atoms with Crippen molar-refractivity contribution >= 4 is 26.8 Å². The largest absolute Gasteiger partial charge is 0.369 e. The minimum absolute atomic E-state index is 0.166. The highest BCUT2D eigenvalue weighted by molar-refractivity contribution is 7.89. The first-order valence-corrected chi connectivity index (χ1v) is 13.9. The Morgan fingerprint density at radius 2 is 1.80 bits per heavy atom. The lowest BCUT2D eigenvalue weighted by Crippen LogP contribution is -2.39. The topological polar surface area (TPSA) is 99.5 Å². The smallest absolute Gasteiger partial charge is 0.221 e. The number of carbonyl (C=O) groups excluding carboxylic acids is 1. The summed E-state index contributed by atoms with van der Waals surface area (Å²) in [5, 5.41) is 1.09. The summed E-state index contributed by atoms with van der Waals surface area (Å²) in [5.41, 5.74) is 11.9. The average Bonchev–Trinajstić information content (AvgIpc) is 3.23. The average molecular weight is 497 g/mol. The minimum atomic E-state index is -3.23. The van der Waals surface area contributed by atoms with E-state index in [0.717, 1.165) is 47.0 Å². The molecule has 2 aromatic carbocycles. The number of rotatable bonds is 9. The van der Waals surface area contributed by atoms with Crippen molar-refractivity contribution in [3.63, 3.8) is 0 Å². The van der Waals surface area contributed by atoms with Crippen LogP contribution in [0.25, 0.3) is 22.0 Å². The standard InChI is InChI=1S/C27H36N4O3S/c1-19-5-7-20(8-6-19)22-15-23(17-26(28)32)27-24(16-22)25(18-29-27)21-9-12-31(13-10-21)35(33,34)14-4-11-30(2)3/h5-8,15-16,18,21,29H,4,9-14,17H2,1-3H3,(H2,28,32). The van der Waals surface area contributed by atoms with Crippen LogP contribution < -0.4 is 5.73 Å². The number of aromatic nitrogens is 1. The molecule has 35 heavy (non-hydrogen) atoms. The van der Waals surface area contributed by atoms with Crippen LogP contribution in [0.4, 0.5) is 0 Å². The zero-order valence-electron chi connectivity index (χ0n) is 20.9. The van der Waals surface area contributed by atoms with Crippen molar-refractivity contribution in [2.45, 2.75) is 38.5 Å². The molecule has 8 heteroatoms. The Morgan fingerprint density at radius 1 is 1.11 bits per heavy atom. The van der Waals surface area contributed by atoms with Crippen molar-refractivity contribution in [2.24, 2.45) is 5.73 Å². The second-order valence-electron chi connectivity index (χ2n) is 9.96. The van der Waals surface area contributed by atoms with Crippen LogP contribution in [0, 0.1) is 6.92 Å². The van der Waals surface area contributed by atoms with E-state index in [9.17, 15) is 13.2 Å². The van der Waals surface area contributed by atoms with Gasteiger partial charge in [0.15, 0.2) is 0 Å². The zero-order valence-corrected chi connectivity index (χ0v) is 21.7. The number of hydrogen-bond acceptors (Lipinski definition) is 4. The molecule has 0 unspecified atom stereocenters. The van der Waals surface area contributed by atoms with Gasteiger partial charge >= 0.3 is 0 Å². The molecular formula is C27H36N4O3S. The highest BCUT2D eigenvalue weighted by Gasteiger charge is 2.29. The monoisotopic (exact) mass is 496 g/mol. The predicted octanol–water partition coefficient (Wildman–Crippen LogP) is 3.63. The molecule has 3 aromatic rings. The van der Waals surface area contributed by atoms with E-state index >= 15 is 0 Å². The molecule has 0 aliphatic carbocycles. The molecule has 3 N–H and O–H groups in total. The number of H-pyrrole nitrogens is 1. The summed E-state index contributed by atoms with van der Waals surface area (Å²) >= 11 is 0. The van der Waals surface area contributed by atoms with Gasteiger partial charge in [0.1, 0.15) is 0 Å². The molecule has 0 bridgehead atoms. The Balaban J connectivity index is 1.59. The van der Waals surface area contributed by atoms with Gasteiger partial charge < -0.3 is 15.6 Å². The Kier molecular flexibility index (Phi) is 7.64. The number of hydrogen-bond donors (Lipinski definition) is 2. The van der Waals surface area contributed by atoms with Crippen molar-refractivity contribution in [3.8, 4) is 11.1 Å². The maximum atomic E-state index is 12.8. The molecule has 1 amide bonds. The second kappa shape index (κ2) is 10.5. The maximum absolute atomic E-state index is 12.8. The summed E-state index contributed by atoms with van der Waals surface area (Å²) in [7, 11) is 0.681. The summed E-state index contributed by atoms with van der Waals surface area (Å²) in [4.78, 5) is 17.2. The molecule has 1 aliphatic heterocycles. The number of piperidine rings is 1. The number of nitrogens with one attached hydrogen (secondary N) is 1. The molecule has 1 fully saturated rings. The lowest BCUT2D eigenvalue weighted by Gasteiger charge is -2.31. The van der Waals surface area contributed by atoms with E-state index < -0.39 is 10.0 Å². The number of benzene rings is 2. The Hall–Kier alpha value is -2.68. The first-order chi connectivity index (χ1) is 16.6. The van der Waals surface area contributed by atoms with Gasteiger partial charge in [0, 0.05) is 30.2 Å². The molecule has 1 aliphatic rings. The maximum Gasteiger partial charge on any atom is 0.221 e. The number of aryl methyl sites for hydroxylation is 1. The van der Waals surface area contributed by atoms with E-state index in [-0.39, 0.29) is 24.0 Å². The van der Waals surface area contributed by atoms with E-state index in [0.29, 0.717) is 19.5 Å². The van der Waals surface area contributed by atoms with Crippen LogP contribution in [0.5, 0.6) is 0 Å². The molecule has 0 saturated carbocycles. The summed E-state index contributed by atoms with van der Waals surface area (Å²) in [6.07, 6.45) is 4.39. The normalized spacial score (nSPS) is 15.8. The Labute approximate surface area is 208 Å². The van der Waals surface area contributed by atoms with Crippen LogP contribution in [0.2, 0.25) is 0 Å². The lowest BCUT2D eigenvalue weighted by molar-refractivity contribution is -0.117. The molecule has 2 heterocycles. The van der Waals surface area contributed by atoms with Crippen LogP contribution in [0.1, 0.15) is 41.9 Å². The number of aromatic amines is 1. The molecule has 0 spiro atoms. The predicted molar refractivity (Wildman–Crippen MR) is 142 cm³/mol. The van der Waals surface area contributed by atoms with Gasteiger partial charge in [-0.25, -0.2) is 12.7 Å². The molecular weight excluding hydrogens is 460 g/mol. The number of primary amides is 1. The number of nitrogens with zero attached hydrogens (tertiary/aromatic N) is 2. The summed E-state index contributed by atoms with van der Waals surface area (Å²) in [6, 6.07) is 12.6. The lowest BCUT2D eigenvalue weighted by atomic mass is 9.88. The quantitative estimate of drug-likeness (QED) is 0.472. The molecule has 4 rings (SSSR count). The van der Waals surface area contributed by atoms with Crippen molar-refractivity contribution < 1.29 is 13.2 Å². The fourth-order valence-electron chi connectivity index (χ4n) is 5.04. The summed E-state index contributed by atoms with van der Waals surface area (Å²) < 4.78 is 27.3. The third-order valence-electron chi connectivity index (χ3n) is 6.95. The fraction of sp³-hybridized carbons (Fsp3) is 0.444. The number of nitrogens with two attached hydrogens (primary N) is 1. The van der Waals surface area contributed by atoms with Crippen LogP contribution in [-0.2, 0) is 21.2 Å². The highest BCUT2D eigenvalue weighted by atomic mass is 32.2. The first-order valence-electron chi connectivity index (χ1n) is 12.3. The summed E-state index contributed by atoms with van der Waals surface area (Å²) in [6.45, 7) is 3.90. The van der Waals surface area contributed by atoms with Gasteiger partial charge in [-0.15, -0.1) is 0 Å². The van der Waals surface area contributed by atoms with E-state index in [2.05, 4.69) is 42.2 Å². The molecule has 7 nitrogen and oxygen atoms in total. The third-order valence-corrected chi connectivity index (χ3v) is 8.90.